The van der Waals surface area contributed by atoms with Crippen LogP contribution >= 0.6 is 0 Å². The minimum absolute atomic E-state index is 0.296. The number of hydrogen-bond acceptors (Lipinski definition) is 4. The van der Waals surface area contributed by atoms with E-state index in [1.807, 2.05) is 12.1 Å². The highest BCUT2D eigenvalue weighted by molar-refractivity contribution is 5.51. The maximum atomic E-state index is 5.80. The molecule has 0 saturated carbocycles. The van der Waals surface area contributed by atoms with Gasteiger partial charge in [-0.25, -0.2) is 0 Å². The molecule has 1 aromatic rings. The number of benzene rings is 1. The Morgan fingerprint density at radius 2 is 1.79 bits per heavy atom. The van der Waals surface area contributed by atoms with Gasteiger partial charge in [0.05, 0.1) is 6.61 Å². The van der Waals surface area contributed by atoms with Crippen LogP contribution in [-0.4, -0.2) is 26.6 Å². The van der Waals surface area contributed by atoms with Crippen molar-refractivity contribution < 1.29 is 18.9 Å². The Morgan fingerprint density at radius 1 is 1.00 bits per heavy atom. The Labute approximate surface area is 114 Å². The van der Waals surface area contributed by atoms with E-state index >= 15 is 0 Å². The third kappa shape index (κ3) is 3.77. The molecule has 0 aromatic heterocycles. The molecule has 1 aliphatic heterocycles. The number of aryl methyl sites for hydroxylation is 1. The van der Waals surface area contributed by atoms with Gasteiger partial charge in [-0.1, -0.05) is 20.3 Å². The molecule has 1 aliphatic rings. The number of fused-ring (bicyclic) bond motifs is 1. The maximum absolute atomic E-state index is 5.80. The van der Waals surface area contributed by atoms with Gasteiger partial charge in [-0.05, 0) is 24.5 Å². The van der Waals surface area contributed by atoms with Gasteiger partial charge in [0, 0.05) is 12.7 Å². The van der Waals surface area contributed by atoms with Gasteiger partial charge < -0.3 is 18.9 Å². The van der Waals surface area contributed by atoms with Gasteiger partial charge in [-0.2, -0.15) is 0 Å². The van der Waals surface area contributed by atoms with E-state index in [0.717, 1.165) is 43.1 Å². The minimum Gasteiger partial charge on any atom is -0.491 e. The summed E-state index contributed by atoms with van der Waals surface area (Å²) in [6.45, 7) is 6.51. The zero-order valence-electron chi connectivity index (χ0n) is 11.7. The molecule has 0 bridgehead atoms. The fraction of sp³-hybridized carbons (Fsp3) is 0.600. The van der Waals surface area contributed by atoms with Gasteiger partial charge in [0.25, 0.3) is 0 Å². The van der Waals surface area contributed by atoms with Crippen molar-refractivity contribution in [2.75, 3.05) is 26.6 Å². The highest BCUT2D eigenvalue weighted by Crippen LogP contribution is 2.38. The molecule has 1 aromatic carbocycles. The second-order valence-electron chi connectivity index (χ2n) is 4.52. The topological polar surface area (TPSA) is 36.9 Å². The minimum atomic E-state index is 0.296. The van der Waals surface area contributed by atoms with Gasteiger partial charge >= 0.3 is 0 Å². The van der Waals surface area contributed by atoms with Gasteiger partial charge in [0.1, 0.15) is 12.4 Å². The lowest BCUT2D eigenvalue weighted by atomic mass is 10.1. The Bertz CT molecular complexity index is 403. The van der Waals surface area contributed by atoms with Crippen molar-refractivity contribution in [2.24, 2.45) is 0 Å². The van der Waals surface area contributed by atoms with Crippen molar-refractivity contribution in [3.05, 3.63) is 17.7 Å². The summed E-state index contributed by atoms with van der Waals surface area (Å²) in [5.74, 6) is 2.47. The average Bonchev–Trinajstić information content (AvgIpc) is 2.86. The Morgan fingerprint density at radius 3 is 2.53 bits per heavy atom. The van der Waals surface area contributed by atoms with E-state index in [1.165, 1.54) is 5.56 Å². The zero-order valence-corrected chi connectivity index (χ0v) is 11.7. The molecule has 4 heteroatoms. The van der Waals surface area contributed by atoms with Gasteiger partial charge in [0.2, 0.25) is 6.79 Å². The molecule has 0 spiro atoms. The summed E-state index contributed by atoms with van der Waals surface area (Å²) >= 11 is 0. The lowest BCUT2D eigenvalue weighted by Gasteiger charge is -2.12. The predicted octanol–water partition coefficient (Wildman–Crippen LogP) is 3.17. The summed E-state index contributed by atoms with van der Waals surface area (Å²) in [6.07, 6.45) is 3.08. The standard InChI is InChI=1S/C15H22O4/c1-3-5-12-9-14-15(19-11-18-14)10-13(12)17-8-7-16-6-4-2/h9-10H,3-8,11H2,1-2H3. The number of rotatable bonds is 8. The summed E-state index contributed by atoms with van der Waals surface area (Å²) in [5, 5.41) is 0. The maximum Gasteiger partial charge on any atom is 0.231 e. The van der Waals surface area contributed by atoms with E-state index < -0.39 is 0 Å². The SMILES string of the molecule is CCCOCCOc1cc2c(cc1CCC)OCO2. The van der Waals surface area contributed by atoms with Crippen LogP contribution in [0.2, 0.25) is 0 Å². The summed E-state index contributed by atoms with van der Waals surface area (Å²) in [4.78, 5) is 0. The average molecular weight is 266 g/mol. The molecule has 0 radical (unpaired) electrons. The first kappa shape index (κ1) is 14.0. The van der Waals surface area contributed by atoms with Gasteiger partial charge in [-0.3, -0.25) is 0 Å². The quantitative estimate of drug-likeness (QED) is 0.677. The van der Waals surface area contributed by atoms with Crippen LogP contribution < -0.4 is 14.2 Å². The molecule has 2 rings (SSSR count). The lowest BCUT2D eigenvalue weighted by Crippen LogP contribution is -2.08. The summed E-state index contributed by atoms with van der Waals surface area (Å²) < 4.78 is 22.0. The van der Waals surface area contributed by atoms with Crippen molar-refractivity contribution >= 4 is 0 Å². The molecule has 0 atom stereocenters. The zero-order chi connectivity index (χ0) is 13.5. The fourth-order valence-corrected chi connectivity index (χ4v) is 2.02. The van der Waals surface area contributed by atoms with Crippen molar-refractivity contribution in [3.63, 3.8) is 0 Å². The first-order valence-corrected chi connectivity index (χ1v) is 6.98. The molecular weight excluding hydrogens is 244 g/mol. The molecular formula is C15H22O4. The second-order valence-corrected chi connectivity index (χ2v) is 4.52. The summed E-state index contributed by atoms with van der Waals surface area (Å²) in [5.41, 5.74) is 1.17. The van der Waals surface area contributed by atoms with Crippen LogP contribution in [0.25, 0.3) is 0 Å². The number of hydrogen-bond donors (Lipinski definition) is 0. The Hall–Kier alpha value is -1.42. The van der Waals surface area contributed by atoms with E-state index in [2.05, 4.69) is 13.8 Å². The van der Waals surface area contributed by atoms with Crippen molar-refractivity contribution in [1.29, 1.82) is 0 Å². The summed E-state index contributed by atoms with van der Waals surface area (Å²) in [7, 11) is 0. The predicted molar refractivity (Wildman–Crippen MR) is 73.2 cm³/mol. The second kappa shape index (κ2) is 7.24. The fourth-order valence-electron chi connectivity index (χ4n) is 2.02. The molecule has 19 heavy (non-hydrogen) atoms. The van der Waals surface area contributed by atoms with Crippen molar-refractivity contribution in [3.8, 4) is 17.2 Å². The van der Waals surface area contributed by atoms with Gasteiger partial charge in [-0.15, -0.1) is 0 Å². The van der Waals surface area contributed by atoms with E-state index in [0.29, 0.717) is 20.0 Å². The lowest BCUT2D eigenvalue weighted by molar-refractivity contribution is 0.100. The highest BCUT2D eigenvalue weighted by Gasteiger charge is 2.17. The summed E-state index contributed by atoms with van der Waals surface area (Å²) in [6, 6.07) is 3.95. The Kier molecular flexibility index (Phi) is 5.33. The first-order valence-electron chi connectivity index (χ1n) is 6.98. The van der Waals surface area contributed by atoms with Crippen LogP contribution in [0.3, 0.4) is 0 Å². The molecule has 0 unspecified atom stereocenters. The van der Waals surface area contributed by atoms with E-state index in [1.54, 1.807) is 0 Å². The highest BCUT2D eigenvalue weighted by atomic mass is 16.7. The molecule has 0 amide bonds. The van der Waals surface area contributed by atoms with E-state index in [-0.39, 0.29) is 0 Å². The van der Waals surface area contributed by atoms with Gasteiger partial charge in [0.15, 0.2) is 11.5 Å². The molecule has 4 nitrogen and oxygen atoms in total. The van der Waals surface area contributed by atoms with Crippen molar-refractivity contribution in [2.45, 2.75) is 33.1 Å². The molecule has 0 aliphatic carbocycles. The molecule has 0 fully saturated rings. The normalized spacial score (nSPS) is 12.7. The van der Waals surface area contributed by atoms with E-state index in [4.69, 9.17) is 18.9 Å². The number of ether oxygens (including phenoxy) is 4. The van der Waals surface area contributed by atoms with Crippen LogP contribution in [0.4, 0.5) is 0 Å². The largest absolute Gasteiger partial charge is 0.491 e. The third-order valence-electron chi connectivity index (χ3n) is 2.91. The van der Waals surface area contributed by atoms with Crippen LogP contribution in [0.5, 0.6) is 17.2 Å². The monoisotopic (exact) mass is 266 g/mol. The van der Waals surface area contributed by atoms with Crippen LogP contribution in [0, 0.1) is 0 Å². The third-order valence-corrected chi connectivity index (χ3v) is 2.91. The van der Waals surface area contributed by atoms with E-state index in [9.17, 15) is 0 Å². The Balaban J connectivity index is 1.97. The van der Waals surface area contributed by atoms with Crippen LogP contribution in [-0.2, 0) is 11.2 Å². The van der Waals surface area contributed by atoms with Crippen LogP contribution in [0.1, 0.15) is 32.3 Å². The smallest absolute Gasteiger partial charge is 0.231 e. The van der Waals surface area contributed by atoms with Crippen molar-refractivity contribution in [1.82, 2.24) is 0 Å². The molecule has 0 saturated heterocycles. The molecule has 0 N–H and O–H groups in total. The molecule has 106 valence electrons. The molecule has 1 heterocycles. The first-order chi connectivity index (χ1) is 9.35. The van der Waals surface area contributed by atoms with Crippen LogP contribution in [0.15, 0.2) is 12.1 Å².